The molecule has 0 radical (unpaired) electrons. The average Bonchev–Trinajstić information content (AvgIpc) is 3.20. The van der Waals surface area contributed by atoms with Crippen molar-refractivity contribution in [3.63, 3.8) is 0 Å². The molecule has 3 rings (SSSR count). The van der Waals surface area contributed by atoms with Crippen LogP contribution in [0, 0.1) is 0 Å². The van der Waals surface area contributed by atoms with E-state index in [9.17, 15) is 9.59 Å². The summed E-state index contributed by atoms with van der Waals surface area (Å²) in [7, 11) is 0. The van der Waals surface area contributed by atoms with E-state index in [0.717, 1.165) is 30.8 Å². The van der Waals surface area contributed by atoms with Crippen molar-refractivity contribution in [2.75, 3.05) is 13.2 Å². The molecule has 5 nitrogen and oxygen atoms in total. The Kier molecular flexibility index (Phi) is 6.90. The van der Waals surface area contributed by atoms with Crippen molar-refractivity contribution < 1.29 is 14.3 Å². The lowest BCUT2D eigenvalue weighted by atomic mass is 10.0. The molecule has 0 saturated heterocycles. The van der Waals surface area contributed by atoms with E-state index in [0.29, 0.717) is 18.7 Å². The monoisotopic (exact) mass is 382 g/mol. The first-order chi connectivity index (χ1) is 13.6. The molecule has 1 amide bonds. The van der Waals surface area contributed by atoms with Gasteiger partial charge in [0.2, 0.25) is 5.91 Å². The molecule has 0 spiro atoms. The number of hydrogen-bond donors (Lipinski definition) is 0. The molecule has 2 heterocycles. The van der Waals surface area contributed by atoms with Gasteiger partial charge >= 0.3 is 0 Å². The van der Waals surface area contributed by atoms with Gasteiger partial charge in [-0.1, -0.05) is 19.8 Å². The number of benzene rings is 1. The number of Topliss-reactive ketones (excluding diaryl/α,β-unsaturated/α-hetero) is 1. The average molecular weight is 383 g/mol. The van der Waals surface area contributed by atoms with E-state index in [2.05, 4.69) is 17.6 Å². The molecule has 28 heavy (non-hydrogen) atoms. The lowest BCUT2D eigenvalue weighted by Crippen LogP contribution is -2.40. The zero-order valence-electron chi connectivity index (χ0n) is 16.9. The molecule has 0 saturated carbocycles. The third kappa shape index (κ3) is 4.83. The highest BCUT2D eigenvalue weighted by atomic mass is 16.5. The van der Waals surface area contributed by atoms with Gasteiger partial charge in [0.25, 0.3) is 0 Å². The third-order valence-electron chi connectivity index (χ3n) is 5.42. The fourth-order valence-electron chi connectivity index (χ4n) is 3.71. The van der Waals surface area contributed by atoms with E-state index < -0.39 is 0 Å². The van der Waals surface area contributed by atoms with E-state index in [4.69, 9.17) is 4.74 Å². The Morgan fingerprint density at radius 2 is 1.86 bits per heavy atom. The van der Waals surface area contributed by atoms with Gasteiger partial charge in [0.05, 0.1) is 12.6 Å². The van der Waals surface area contributed by atoms with Crippen LogP contribution in [0.2, 0.25) is 0 Å². The van der Waals surface area contributed by atoms with Crippen molar-refractivity contribution in [3.8, 4) is 5.75 Å². The zero-order valence-corrected chi connectivity index (χ0v) is 16.9. The maximum Gasteiger partial charge on any atom is 0.223 e. The Morgan fingerprint density at radius 3 is 2.61 bits per heavy atom. The summed E-state index contributed by atoms with van der Waals surface area (Å²) in [4.78, 5) is 27.0. The number of ether oxygens (including phenoxy) is 1. The Labute approximate surface area is 167 Å². The topological polar surface area (TPSA) is 51.5 Å². The maximum absolute atomic E-state index is 12.6. The van der Waals surface area contributed by atoms with Crippen LogP contribution in [0.15, 0.2) is 42.6 Å². The fourth-order valence-corrected chi connectivity index (χ4v) is 3.71. The Bertz CT molecular complexity index is 794. The molecule has 0 fully saturated rings. The molecule has 1 aromatic carbocycles. The molecule has 150 valence electrons. The second-order valence-electron chi connectivity index (χ2n) is 7.39. The van der Waals surface area contributed by atoms with Crippen LogP contribution in [0.3, 0.4) is 0 Å². The summed E-state index contributed by atoms with van der Waals surface area (Å²) in [5.74, 6) is 0.831. The van der Waals surface area contributed by atoms with Gasteiger partial charge in [0.15, 0.2) is 5.78 Å². The van der Waals surface area contributed by atoms with Gasteiger partial charge in [-0.15, -0.1) is 0 Å². The highest BCUT2D eigenvalue weighted by Gasteiger charge is 2.27. The Morgan fingerprint density at radius 1 is 1.07 bits per heavy atom. The minimum absolute atomic E-state index is 0.000999. The van der Waals surface area contributed by atoms with E-state index in [1.807, 2.05) is 36.2 Å². The van der Waals surface area contributed by atoms with Crippen LogP contribution in [0.5, 0.6) is 5.75 Å². The number of rotatable bonds is 9. The second-order valence-corrected chi connectivity index (χ2v) is 7.39. The summed E-state index contributed by atoms with van der Waals surface area (Å²) in [5.41, 5.74) is 1.79. The lowest BCUT2D eigenvalue weighted by molar-refractivity contribution is -0.134. The third-order valence-corrected chi connectivity index (χ3v) is 5.42. The van der Waals surface area contributed by atoms with Crippen LogP contribution < -0.4 is 4.74 Å². The molecule has 0 N–H and O–H groups in total. The van der Waals surface area contributed by atoms with Crippen molar-refractivity contribution in [1.29, 1.82) is 0 Å². The van der Waals surface area contributed by atoms with Gasteiger partial charge in [-0.2, -0.15) is 0 Å². The second kappa shape index (κ2) is 9.58. The smallest absolute Gasteiger partial charge is 0.223 e. The minimum Gasteiger partial charge on any atom is -0.494 e. The van der Waals surface area contributed by atoms with Crippen molar-refractivity contribution in [1.82, 2.24) is 9.47 Å². The number of fused-ring (bicyclic) bond motifs is 1. The number of amides is 1. The number of nitrogens with zero attached hydrogens (tertiary/aromatic N) is 2. The number of hydrogen-bond acceptors (Lipinski definition) is 3. The zero-order chi connectivity index (χ0) is 19.9. The van der Waals surface area contributed by atoms with E-state index >= 15 is 0 Å². The van der Waals surface area contributed by atoms with E-state index in [1.165, 1.54) is 6.42 Å². The number of unbranched alkanes of at least 4 members (excludes halogenated alkanes) is 2. The summed E-state index contributed by atoms with van der Waals surface area (Å²) < 4.78 is 7.87. The van der Waals surface area contributed by atoms with Crippen molar-refractivity contribution in [2.24, 2.45) is 0 Å². The van der Waals surface area contributed by atoms with Gasteiger partial charge in [-0.25, -0.2) is 0 Å². The summed E-state index contributed by atoms with van der Waals surface area (Å²) in [6.45, 7) is 6.41. The standard InChI is InChI=1S/C23H30N2O3/c1-3-4-5-17-28-20-10-8-19(9-11-20)22(26)12-13-23(27)25-16-15-24-14-6-7-21(24)18(25)2/h6-11,14,18H,3-5,12-13,15-17H2,1-2H3. The number of carbonyl (C=O) groups is 2. The first-order valence-electron chi connectivity index (χ1n) is 10.3. The normalized spacial score (nSPS) is 15.9. The molecule has 1 unspecified atom stereocenters. The predicted octanol–water partition coefficient (Wildman–Crippen LogP) is 4.62. The van der Waals surface area contributed by atoms with Crippen molar-refractivity contribution in [3.05, 3.63) is 53.9 Å². The van der Waals surface area contributed by atoms with Crippen LogP contribution in [0.4, 0.5) is 0 Å². The van der Waals surface area contributed by atoms with Gasteiger partial charge in [-0.3, -0.25) is 9.59 Å². The number of carbonyl (C=O) groups excluding carboxylic acids is 2. The molecule has 5 heteroatoms. The summed E-state index contributed by atoms with van der Waals surface area (Å²) in [5, 5.41) is 0. The molecule has 1 aromatic heterocycles. The molecule has 0 aliphatic carbocycles. The Balaban J connectivity index is 1.48. The largest absolute Gasteiger partial charge is 0.494 e. The molecule has 1 aliphatic heterocycles. The highest BCUT2D eigenvalue weighted by Crippen LogP contribution is 2.26. The van der Waals surface area contributed by atoms with Gasteiger partial charge in [0.1, 0.15) is 5.75 Å². The molecule has 1 atom stereocenters. The lowest BCUT2D eigenvalue weighted by Gasteiger charge is -2.35. The van der Waals surface area contributed by atoms with Gasteiger partial charge < -0.3 is 14.2 Å². The number of aromatic nitrogens is 1. The summed E-state index contributed by atoms with van der Waals surface area (Å²) in [6.07, 6.45) is 5.90. The van der Waals surface area contributed by atoms with Crippen LogP contribution in [0.1, 0.15) is 68.0 Å². The molecular formula is C23H30N2O3. The highest BCUT2D eigenvalue weighted by molar-refractivity contribution is 5.98. The Hall–Kier alpha value is -2.56. The molecule has 1 aliphatic rings. The van der Waals surface area contributed by atoms with Gasteiger partial charge in [-0.05, 0) is 49.7 Å². The fraction of sp³-hybridized carbons (Fsp3) is 0.478. The van der Waals surface area contributed by atoms with Crippen LogP contribution in [-0.4, -0.2) is 34.3 Å². The quantitative estimate of drug-likeness (QED) is 0.470. The van der Waals surface area contributed by atoms with E-state index in [-0.39, 0.29) is 30.6 Å². The van der Waals surface area contributed by atoms with Gasteiger partial charge in [0, 0.05) is 43.4 Å². The molecule has 0 bridgehead atoms. The number of ketones is 1. The summed E-state index contributed by atoms with van der Waals surface area (Å²) in [6, 6.07) is 11.4. The van der Waals surface area contributed by atoms with Crippen LogP contribution >= 0.6 is 0 Å². The van der Waals surface area contributed by atoms with E-state index in [1.54, 1.807) is 12.1 Å². The molecule has 2 aromatic rings. The molecular weight excluding hydrogens is 352 g/mol. The first kappa shape index (κ1) is 20.2. The van der Waals surface area contributed by atoms with Crippen LogP contribution in [-0.2, 0) is 11.3 Å². The summed E-state index contributed by atoms with van der Waals surface area (Å²) >= 11 is 0. The first-order valence-corrected chi connectivity index (χ1v) is 10.3. The SMILES string of the molecule is CCCCCOc1ccc(C(=O)CCC(=O)N2CCn3cccc3C2C)cc1. The predicted molar refractivity (Wildman–Crippen MR) is 110 cm³/mol. The van der Waals surface area contributed by atoms with Crippen molar-refractivity contribution in [2.45, 2.75) is 58.5 Å². The van der Waals surface area contributed by atoms with Crippen molar-refractivity contribution >= 4 is 11.7 Å². The maximum atomic E-state index is 12.6. The minimum atomic E-state index is -0.000999. The van der Waals surface area contributed by atoms with Crippen LogP contribution in [0.25, 0.3) is 0 Å².